The van der Waals surface area contributed by atoms with Crippen LogP contribution in [0.1, 0.15) is 48.7 Å². The smallest absolute Gasteiger partial charge is 0.414 e. The molecule has 0 bridgehead atoms. The summed E-state index contributed by atoms with van der Waals surface area (Å²) in [5, 5.41) is 16.5. The number of aliphatic hydroxyl groups is 1. The van der Waals surface area contributed by atoms with Crippen molar-refractivity contribution in [1.29, 1.82) is 0 Å². The molecule has 2 atom stereocenters. The molecule has 2 aliphatic heterocycles. The molecule has 10 nitrogen and oxygen atoms in total. The minimum Gasteiger partial charge on any atom is -0.466 e. The van der Waals surface area contributed by atoms with Crippen molar-refractivity contribution in [2.45, 2.75) is 51.4 Å². The maximum absolute atomic E-state index is 12.7. The molecule has 4 rings (SSSR count). The maximum Gasteiger partial charge on any atom is 0.414 e. The Hall–Kier alpha value is -3.02. The quantitative estimate of drug-likeness (QED) is 0.274. The van der Waals surface area contributed by atoms with Gasteiger partial charge in [0.1, 0.15) is 12.3 Å². The number of halogens is 1. The third kappa shape index (κ3) is 7.30. The Bertz CT molecular complexity index is 1140. The van der Waals surface area contributed by atoms with Gasteiger partial charge < -0.3 is 30.1 Å². The van der Waals surface area contributed by atoms with E-state index in [1.54, 1.807) is 19.1 Å². The van der Waals surface area contributed by atoms with Crippen LogP contribution in [0.15, 0.2) is 30.3 Å². The Kier molecular flexibility index (Phi) is 9.70. The number of esters is 1. The molecule has 2 fully saturated rings. The van der Waals surface area contributed by atoms with Crippen LogP contribution in [0, 0.1) is 0 Å². The molecule has 2 amide bonds. The third-order valence-electron chi connectivity index (χ3n) is 6.40. The van der Waals surface area contributed by atoms with Gasteiger partial charge in [0, 0.05) is 31.6 Å². The van der Waals surface area contributed by atoms with Crippen LogP contribution in [0.2, 0.25) is 4.34 Å². The molecule has 2 unspecified atom stereocenters. The number of benzene rings is 1. The molecule has 0 spiro atoms. The van der Waals surface area contributed by atoms with E-state index in [0.29, 0.717) is 27.2 Å². The number of thiophene rings is 1. The largest absolute Gasteiger partial charge is 0.466 e. The van der Waals surface area contributed by atoms with Gasteiger partial charge in [-0.25, -0.2) is 4.79 Å². The van der Waals surface area contributed by atoms with Crippen molar-refractivity contribution in [3.05, 3.63) is 39.5 Å². The van der Waals surface area contributed by atoms with Crippen LogP contribution >= 0.6 is 22.9 Å². The summed E-state index contributed by atoms with van der Waals surface area (Å²) in [5.74, 6) is -0.635. The summed E-state index contributed by atoms with van der Waals surface area (Å²) in [6.07, 6.45) is 1.61. The number of hydrogen-bond donors (Lipinski definition) is 3. The van der Waals surface area contributed by atoms with E-state index < -0.39 is 18.4 Å². The van der Waals surface area contributed by atoms with Gasteiger partial charge in [-0.3, -0.25) is 14.5 Å². The molecule has 0 aliphatic carbocycles. The minimum absolute atomic E-state index is 0.0876. The number of carbonyl (C=O) groups excluding carboxylic acids is 3. The number of anilines is 3. The van der Waals surface area contributed by atoms with Crippen molar-refractivity contribution in [1.82, 2.24) is 5.32 Å². The van der Waals surface area contributed by atoms with Crippen molar-refractivity contribution in [2.75, 3.05) is 47.9 Å². The fraction of sp³-hybridized carbons (Fsp3) is 0.500. The lowest BCUT2D eigenvalue weighted by Gasteiger charge is -2.32. The van der Waals surface area contributed by atoms with E-state index in [4.69, 9.17) is 21.1 Å². The first kappa shape index (κ1) is 28.0. The van der Waals surface area contributed by atoms with Crippen LogP contribution in [0.4, 0.5) is 21.9 Å². The van der Waals surface area contributed by atoms with Gasteiger partial charge in [0.15, 0.2) is 0 Å². The number of aliphatic hydroxyl groups excluding tert-OH is 1. The Morgan fingerprint density at radius 1 is 1.24 bits per heavy atom. The molecule has 3 N–H and O–H groups in total. The molecular formula is C26H33ClN4O6S. The molecule has 0 saturated carbocycles. The van der Waals surface area contributed by atoms with Crippen molar-refractivity contribution in [3.8, 4) is 0 Å². The van der Waals surface area contributed by atoms with Gasteiger partial charge in [-0.2, -0.15) is 0 Å². The van der Waals surface area contributed by atoms with E-state index >= 15 is 0 Å². The number of nitrogens with zero attached hydrogens (tertiary/aromatic N) is 2. The van der Waals surface area contributed by atoms with E-state index in [0.717, 1.165) is 31.6 Å². The summed E-state index contributed by atoms with van der Waals surface area (Å²) in [5.41, 5.74) is 2.20. The van der Waals surface area contributed by atoms with Gasteiger partial charge in [-0.05, 0) is 56.5 Å². The predicted molar refractivity (Wildman–Crippen MR) is 147 cm³/mol. The highest BCUT2D eigenvalue weighted by Crippen LogP contribution is 2.34. The van der Waals surface area contributed by atoms with Gasteiger partial charge in [-0.1, -0.05) is 11.6 Å². The second-order valence-electron chi connectivity index (χ2n) is 9.18. The molecule has 2 aromatic rings. The second kappa shape index (κ2) is 13.2. The first-order valence-corrected chi connectivity index (χ1v) is 14.0. The van der Waals surface area contributed by atoms with Crippen molar-refractivity contribution in [3.63, 3.8) is 0 Å². The fourth-order valence-electron chi connectivity index (χ4n) is 4.53. The number of piperidine rings is 1. The van der Waals surface area contributed by atoms with E-state index in [-0.39, 0.29) is 37.8 Å². The topological polar surface area (TPSA) is 120 Å². The number of ether oxygens (including phenoxy) is 2. The highest BCUT2D eigenvalue weighted by molar-refractivity contribution is 7.18. The average molecular weight is 565 g/mol. The molecule has 2 saturated heterocycles. The molecule has 0 radical (unpaired) electrons. The molecule has 38 heavy (non-hydrogen) atoms. The zero-order valence-electron chi connectivity index (χ0n) is 21.3. The predicted octanol–water partition coefficient (Wildman–Crippen LogP) is 4.22. The Labute approximate surface area is 230 Å². The summed E-state index contributed by atoms with van der Waals surface area (Å²) >= 11 is 7.09. The molecule has 1 aromatic carbocycles. The van der Waals surface area contributed by atoms with E-state index in [9.17, 15) is 19.5 Å². The van der Waals surface area contributed by atoms with Crippen LogP contribution in [-0.2, 0) is 14.3 Å². The summed E-state index contributed by atoms with van der Waals surface area (Å²) in [7, 11) is 0. The van der Waals surface area contributed by atoms with Crippen LogP contribution < -0.4 is 20.4 Å². The zero-order valence-corrected chi connectivity index (χ0v) is 22.9. The molecule has 3 heterocycles. The van der Waals surface area contributed by atoms with Crippen molar-refractivity contribution >= 4 is 58.0 Å². The Balaban J connectivity index is 1.44. The third-order valence-corrected chi connectivity index (χ3v) is 7.63. The Morgan fingerprint density at radius 3 is 2.74 bits per heavy atom. The van der Waals surface area contributed by atoms with Crippen LogP contribution in [0.5, 0.6) is 0 Å². The van der Waals surface area contributed by atoms with Gasteiger partial charge in [0.05, 0.1) is 40.3 Å². The second-order valence-corrected chi connectivity index (χ2v) is 10.9. The number of amides is 2. The molecule has 12 heteroatoms. The lowest BCUT2D eigenvalue weighted by atomic mass is 10.1. The monoisotopic (exact) mass is 564 g/mol. The summed E-state index contributed by atoms with van der Waals surface area (Å²) in [6, 6.07) is 8.91. The van der Waals surface area contributed by atoms with E-state index in [1.165, 1.54) is 22.7 Å². The van der Waals surface area contributed by atoms with Crippen molar-refractivity contribution < 1.29 is 29.0 Å². The molecule has 206 valence electrons. The molecule has 2 aliphatic rings. The fourth-order valence-corrected chi connectivity index (χ4v) is 5.49. The highest BCUT2D eigenvalue weighted by atomic mass is 35.5. The van der Waals surface area contributed by atoms with Crippen LogP contribution in [-0.4, -0.2) is 68.2 Å². The van der Waals surface area contributed by atoms with Gasteiger partial charge in [0.2, 0.25) is 0 Å². The normalized spacial score (nSPS) is 18.2. The summed E-state index contributed by atoms with van der Waals surface area (Å²) < 4.78 is 11.0. The summed E-state index contributed by atoms with van der Waals surface area (Å²) in [6.45, 7) is 4.26. The van der Waals surface area contributed by atoms with Crippen LogP contribution in [0.3, 0.4) is 0 Å². The number of cyclic esters (lactones) is 1. The Morgan fingerprint density at radius 2 is 2.03 bits per heavy atom. The number of hydrogen-bond acceptors (Lipinski definition) is 9. The van der Waals surface area contributed by atoms with Gasteiger partial charge in [-0.15, -0.1) is 11.3 Å². The SMILES string of the molecule is CCOC(=O)CCC(O)Nc1cc(N2CC(CNC(=O)c3ccc(Cl)s3)OC2=O)ccc1N1CCCCC1. The number of rotatable bonds is 11. The average Bonchev–Trinajstić information content (AvgIpc) is 3.52. The van der Waals surface area contributed by atoms with E-state index in [2.05, 4.69) is 15.5 Å². The molecule has 1 aromatic heterocycles. The minimum atomic E-state index is -0.975. The standard InChI is InChI=1S/C26H33ClN4O6S/c1-2-36-24(33)11-10-23(32)29-19-14-17(6-7-20(19)30-12-4-3-5-13-30)31-16-18(37-26(31)35)15-28-25(34)21-8-9-22(27)38-21/h6-9,14,18,23,29,32H,2-5,10-13,15-16H2,1H3,(H,28,34). The maximum atomic E-state index is 12.7. The molecular weight excluding hydrogens is 532 g/mol. The lowest BCUT2D eigenvalue weighted by Crippen LogP contribution is -2.34. The number of nitrogens with one attached hydrogen (secondary N) is 2. The van der Waals surface area contributed by atoms with Crippen LogP contribution in [0.25, 0.3) is 0 Å². The van der Waals surface area contributed by atoms with Gasteiger partial charge >= 0.3 is 12.1 Å². The zero-order chi connectivity index (χ0) is 27.1. The highest BCUT2D eigenvalue weighted by Gasteiger charge is 2.33. The number of carbonyl (C=O) groups is 3. The first-order valence-electron chi connectivity index (χ1n) is 12.8. The summed E-state index contributed by atoms with van der Waals surface area (Å²) in [4.78, 5) is 41.0. The van der Waals surface area contributed by atoms with E-state index in [1.807, 2.05) is 18.2 Å². The van der Waals surface area contributed by atoms with Crippen molar-refractivity contribution in [2.24, 2.45) is 0 Å². The van der Waals surface area contributed by atoms with Gasteiger partial charge in [0.25, 0.3) is 5.91 Å². The lowest BCUT2D eigenvalue weighted by molar-refractivity contribution is -0.143. The first-order chi connectivity index (χ1) is 18.3.